The van der Waals surface area contributed by atoms with Gasteiger partial charge in [0.1, 0.15) is 11.7 Å². The van der Waals surface area contributed by atoms with Crippen LogP contribution in [-0.2, 0) is 9.59 Å². The summed E-state index contributed by atoms with van der Waals surface area (Å²) < 4.78 is 13.1. The van der Waals surface area contributed by atoms with Crippen LogP contribution < -0.4 is 10.2 Å². The summed E-state index contributed by atoms with van der Waals surface area (Å²) in [6, 6.07) is 5.54. The molecule has 1 aromatic rings. The lowest BCUT2D eigenvalue weighted by Gasteiger charge is -2.17. The van der Waals surface area contributed by atoms with Crippen LogP contribution in [0.3, 0.4) is 0 Å². The normalized spacial score (nSPS) is 19.1. The molecule has 1 aliphatic rings. The summed E-state index contributed by atoms with van der Waals surface area (Å²) >= 11 is 5.38. The van der Waals surface area contributed by atoms with Gasteiger partial charge in [-0.25, -0.2) is 4.39 Å². The minimum Gasteiger partial charge on any atom is -0.350 e. The fourth-order valence-corrected chi connectivity index (χ4v) is 2.04. The van der Waals surface area contributed by atoms with Gasteiger partial charge < -0.3 is 10.2 Å². The molecule has 0 bridgehead atoms. The fraction of sp³-hybridized carbons (Fsp3) is 0.333. The Labute approximate surface area is 109 Å². The second-order valence-corrected chi connectivity index (χ2v) is 4.35. The lowest BCUT2D eigenvalue weighted by atomic mass is 10.2. The molecular formula is C12H12ClFN2O2. The van der Waals surface area contributed by atoms with Crippen molar-refractivity contribution in [2.45, 2.75) is 12.5 Å². The molecule has 1 aromatic carbocycles. The van der Waals surface area contributed by atoms with Crippen LogP contribution in [0, 0.1) is 5.82 Å². The molecular weight excluding hydrogens is 259 g/mol. The monoisotopic (exact) mass is 270 g/mol. The van der Waals surface area contributed by atoms with Crippen LogP contribution >= 0.6 is 11.6 Å². The molecule has 1 heterocycles. The van der Waals surface area contributed by atoms with Crippen molar-refractivity contribution in [3.05, 3.63) is 30.1 Å². The fourth-order valence-electron chi connectivity index (χ4n) is 1.96. The van der Waals surface area contributed by atoms with Gasteiger partial charge in [-0.05, 0) is 18.2 Å². The van der Waals surface area contributed by atoms with E-state index in [1.54, 1.807) is 12.1 Å². The number of benzene rings is 1. The van der Waals surface area contributed by atoms with E-state index in [9.17, 15) is 14.0 Å². The quantitative estimate of drug-likeness (QED) is 0.842. The van der Waals surface area contributed by atoms with Gasteiger partial charge in [0.25, 0.3) is 0 Å². The average Bonchev–Trinajstić information content (AvgIpc) is 2.70. The zero-order chi connectivity index (χ0) is 13.1. The summed E-state index contributed by atoms with van der Waals surface area (Å²) in [5, 5.41) is 2.65. The number of nitrogens with zero attached hydrogens (tertiary/aromatic N) is 1. The molecule has 96 valence electrons. The third-order valence-electron chi connectivity index (χ3n) is 2.73. The molecule has 0 unspecified atom stereocenters. The Hall–Kier alpha value is -1.62. The van der Waals surface area contributed by atoms with Crippen molar-refractivity contribution in [2.24, 2.45) is 0 Å². The number of nitrogens with one attached hydrogen (secondary N) is 1. The van der Waals surface area contributed by atoms with Crippen molar-refractivity contribution >= 4 is 29.1 Å². The van der Waals surface area contributed by atoms with E-state index in [-0.39, 0.29) is 30.2 Å². The van der Waals surface area contributed by atoms with Gasteiger partial charge in [0.2, 0.25) is 11.8 Å². The molecule has 1 saturated heterocycles. The molecule has 2 amide bonds. The van der Waals surface area contributed by atoms with Crippen LogP contribution in [0.4, 0.5) is 10.1 Å². The number of rotatable bonds is 3. The molecule has 1 N–H and O–H groups in total. The zero-order valence-electron chi connectivity index (χ0n) is 9.53. The highest BCUT2D eigenvalue weighted by Crippen LogP contribution is 2.22. The van der Waals surface area contributed by atoms with E-state index in [0.717, 1.165) is 0 Å². The first-order valence-corrected chi connectivity index (χ1v) is 6.05. The van der Waals surface area contributed by atoms with Gasteiger partial charge in [-0.2, -0.15) is 0 Å². The molecule has 1 atom stereocenters. The number of hydrogen-bond donors (Lipinski definition) is 1. The van der Waals surface area contributed by atoms with E-state index in [4.69, 9.17) is 11.6 Å². The minimum atomic E-state index is -0.395. The summed E-state index contributed by atoms with van der Waals surface area (Å²) in [5.74, 6) is -0.977. The molecule has 1 fully saturated rings. The van der Waals surface area contributed by atoms with Gasteiger partial charge in [0.05, 0.1) is 6.04 Å². The maximum absolute atomic E-state index is 13.1. The Kier molecular flexibility index (Phi) is 3.81. The van der Waals surface area contributed by atoms with Crippen molar-refractivity contribution in [3.63, 3.8) is 0 Å². The van der Waals surface area contributed by atoms with Crippen LogP contribution in [0.2, 0.25) is 0 Å². The molecule has 0 aromatic heterocycles. The van der Waals surface area contributed by atoms with Crippen molar-refractivity contribution in [2.75, 3.05) is 17.3 Å². The topological polar surface area (TPSA) is 49.4 Å². The summed E-state index contributed by atoms with van der Waals surface area (Å²) in [7, 11) is 0. The molecule has 4 nitrogen and oxygen atoms in total. The Balaban J connectivity index is 2.08. The third kappa shape index (κ3) is 2.79. The van der Waals surface area contributed by atoms with Crippen molar-refractivity contribution in [1.29, 1.82) is 0 Å². The van der Waals surface area contributed by atoms with E-state index in [2.05, 4.69) is 5.32 Å². The molecule has 6 heteroatoms. The smallest absolute Gasteiger partial charge is 0.235 e. The lowest BCUT2D eigenvalue weighted by Crippen LogP contribution is -2.37. The van der Waals surface area contributed by atoms with Gasteiger partial charge in [-0.15, -0.1) is 11.6 Å². The largest absolute Gasteiger partial charge is 0.350 e. The van der Waals surface area contributed by atoms with Gasteiger partial charge >= 0.3 is 0 Å². The highest BCUT2D eigenvalue weighted by Gasteiger charge is 2.31. The minimum absolute atomic E-state index is 0.134. The number of alkyl halides is 1. The first kappa shape index (κ1) is 12.8. The van der Waals surface area contributed by atoms with Crippen LogP contribution in [-0.4, -0.2) is 30.3 Å². The van der Waals surface area contributed by atoms with Crippen LogP contribution in [0.15, 0.2) is 24.3 Å². The standard InChI is InChI=1S/C12H12ClFN2O2/c13-6-11(17)15-9-5-12(18)16(7-9)10-3-1-2-8(14)4-10/h1-4,9H,5-7H2,(H,15,17)/t9-/m1/s1. The molecule has 1 aliphatic heterocycles. The van der Waals surface area contributed by atoms with E-state index < -0.39 is 5.82 Å². The number of anilines is 1. The number of hydrogen-bond acceptors (Lipinski definition) is 2. The van der Waals surface area contributed by atoms with E-state index in [1.807, 2.05) is 0 Å². The van der Waals surface area contributed by atoms with E-state index in [1.165, 1.54) is 17.0 Å². The maximum atomic E-state index is 13.1. The lowest BCUT2D eigenvalue weighted by molar-refractivity contribution is -0.119. The first-order chi connectivity index (χ1) is 8.60. The van der Waals surface area contributed by atoms with Gasteiger partial charge in [-0.1, -0.05) is 6.07 Å². The highest BCUT2D eigenvalue weighted by molar-refractivity contribution is 6.27. The number of halogens is 2. The van der Waals surface area contributed by atoms with Gasteiger partial charge in [0, 0.05) is 18.7 Å². The Bertz CT molecular complexity index is 481. The molecule has 2 rings (SSSR count). The first-order valence-electron chi connectivity index (χ1n) is 5.51. The summed E-state index contributed by atoms with van der Waals surface area (Å²) in [6.07, 6.45) is 0.207. The molecule has 0 spiro atoms. The Morgan fingerprint density at radius 2 is 2.33 bits per heavy atom. The van der Waals surface area contributed by atoms with Gasteiger partial charge in [0.15, 0.2) is 0 Å². The predicted octanol–water partition coefficient (Wildman–Crippen LogP) is 1.29. The number of carbonyl (C=O) groups excluding carboxylic acids is 2. The molecule has 0 saturated carbocycles. The number of amides is 2. The van der Waals surface area contributed by atoms with Crippen LogP contribution in [0.25, 0.3) is 0 Å². The number of carbonyl (C=O) groups is 2. The van der Waals surface area contributed by atoms with Crippen molar-refractivity contribution in [3.8, 4) is 0 Å². The van der Waals surface area contributed by atoms with Crippen LogP contribution in [0.1, 0.15) is 6.42 Å². The maximum Gasteiger partial charge on any atom is 0.235 e. The Morgan fingerprint density at radius 1 is 1.56 bits per heavy atom. The molecule has 0 aliphatic carbocycles. The van der Waals surface area contributed by atoms with E-state index >= 15 is 0 Å². The molecule has 18 heavy (non-hydrogen) atoms. The average molecular weight is 271 g/mol. The summed E-state index contributed by atoms with van der Waals surface area (Å²) in [6.45, 7) is 0.338. The summed E-state index contributed by atoms with van der Waals surface area (Å²) in [5.41, 5.74) is 0.502. The second kappa shape index (κ2) is 5.35. The second-order valence-electron chi connectivity index (χ2n) is 4.09. The zero-order valence-corrected chi connectivity index (χ0v) is 10.3. The van der Waals surface area contributed by atoms with Crippen molar-refractivity contribution < 1.29 is 14.0 Å². The van der Waals surface area contributed by atoms with Crippen molar-refractivity contribution in [1.82, 2.24) is 5.32 Å². The summed E-state index contributed by atoms with van der Waals surface area (Å²) in [4.78, 5) is 24.4. The van der Waals surface area contributed by atoms with Gasteiger partial charge in [-0.3, -0.25) is 9.59 Å². The third-order valence-corrected chi connectivity index (χ3v) is 2.97. The van der Waals surface area contributed by atoms with E-state index in [0.29, 0.717) is 12.2 Å². The highest BCUT2D eigenvalue weighted by atomic mass is 35.5. The van der Waals surface area contributed by atoms with Crippen LogP contribution in [0.5, 0.6) is 0 Å². The molecule has 0 radical (unpaired) electrons. The SMILES string of the molecule is O=C(CCl)N[C@@H]1CC(=O)N(c2cccc(F)c2)C1. The predicted molar refractivity (Wildman–Crippen MR) is 66.0 cm³/mol. The Morgan fingerprint density at radius 3 is 3.00 bits per heavy atom.